The van der Waals surface area contributed by atoms with E-state index in [1.54, 1.807) is 14.2 Å². The fourth-order valence-electron chi connectivity index (χ4n) is 2.21. The van der Waals surface area contributed by atoms with Gasteiger partial charge in [-0.1, -0.05) is 12.1 Å². The topological polar surface area (TPSA) is 76.7 Å². The molecule has 0 heterocycles. The van der Waals surface area contributed by atoms with Crippen molar-refractivity contribution in [2.45, 2.75) is 19.4 Å². The van der Waals surface area contributed by atoms with Gasteiger partial charge in [-0.2, -0.15) is 0 Å². The first-order valence-corrected chi connectivity index (χ1v) is 7.31. The molecule has 6 nitrogen and oxygen atoms in total. The molecule has 1 saturated carbocycles. The molecule has 120 valence electrons. The molecule has 1 aromatic carbocycles. The largest absolute Gasteiger partial charge is 0.497 e. The molecule has 0 saturated heterocycles. The average molecular weight is 306 g/mol. The monoisotopic (exact) mass is 306 g/mol. The standard InChI is InChI=1S/C16H22N2O4/c1-21-10-9-17-14(19)16(7-8-16)15(20)18-11-12-3-5-13(22-2)6-4-12/h3-6H,7-11H2,1-2H3,(H,17,19)(H,18,20). The summed E-state index contributed by atoms with van der Waals surface area (Å²) >= 11 is 0. The van der Waals surface area contributed by atoms with Gasteiger partial charge in [-0.05, 0) is 30.5 Å². The average Bonchev–Trinajstić information content (AvgIpc) is 3.35. The predicted molar refractivity (Wildman–Crippen MR) is 81.4 cm³/mol. The second kappa shape index (κ2) is 7.26. The molecule has 6 heteroatoms. The highest BCUT2D eigenvalue weighted by Gasteiger charge is 2.56. The number of hydrogen-bond acceptors (Lipinski definition) is 4. The van der Waals surface area contributed by atoms with Crippen LogP contribution in [0.3, 0.4) is 0 Å². The molecule has 0 aliphatic heterocycles. The summed E-state index contributed by atoms with van der Waals surface area (Å²) in [6.07, 6.45) is 1.19. The number of methoxy groups -OCH3 is 2. The van der Waals surface area contributed by atoms with Gasteiger partial charge in [-0.3, -0.25) is 9.59 Å². The minimum absolute atomic E-state index is 0.210. The summed E-state index contributed by atoms with van der Waals surface area (Å²) in [5, 5.41) is 5.58. The van der Waals surface area contributed by atoms with Crippen LogP contribution in [0.4, 0.5) is 0 Å². The van der Waals surface area contributed by atoms with Crippen LogP contribution in [-0.4, -0.2) is 39.2 Å². The number of carbonyl (C=O) groups is 2. The van der Waals surface area contributed by atoms with Gasteiger partial charge in [0.25, 0.3) is 0 Å². The van der Waals surface area contributed by atoms with Crippen LogP contribution >= 0.6 is 0 Å². The first-order valence-electron chi connectivity index (χ1n) is 7.31. The second-order valence-electron chi connectivity index (χ2n) is 5.36. The van der Waals surface area contributed by atoms with Gasteiger partial charge in [-0.15, -0.1) is 0 Å². The van der Waals surface area contributed by atoms with Gasteiger partial charge in [0.1, 0.15) is 11.2 Å². The lowest BCUT2D eigenvalue weighted by Gasteiger charge is -2.15. The molecular formula is C16H22N2O4. The Hall–Kier alpha value is -2.08. The third-order valence-electron chi connectivity index (χ3n) is 3.82. The molecule has 2 rings (SSSR count). The molecule has 1 aliphatic carbocycles. The molecule has 2 N–H and O–H groups in total. The summed E-state index contributed by atoms with van der Waals surface area (Å²) in [7, 11) is 3.18. The summed E-state index contributed by atoms with van der Waals surface area (Å²) in [5.41, 5.74) is 0.0740. The molecule has 0 aromatic heterocycles. The summed E-state index contributed by atoms with van der Waals surface area (Å²) < 4.78 is 9.97. The highest BCUT2D eigenvalue weighted by molar-refractivity contribution is 6.07. The maximum atomic E-state index is 12.3. The molecule has 0 atom stereocenters. The summed E-state index contributed by atoms with van der Waals surface area (Å²) in [4.78, 5) is 24.4. The quantitative estimate of drug-likeness (QED) is 0.551. The third-order valence-corrected chi connectivity index (χ3v) is 3.82. The van der Waals surface area contributed by atoms with Crippen molar-refractivity contribution in [3.8, 4) is 5.75 Å². The van der Waals surface area contributed by atoms with Crippen molar-refractivity contribution >= 4 is 11.8 Å². The van der Waals surface area contributed by atoms with E-state index in [1.165, 1.54) is 0 Å². The SMILES string of the molecule is COCCNC(=O)C1(C(=O)NCc2ccc(OC)cc2)CC1. The van der Waals surface area contributed by atoms with Crippen LogP contribution in [0.25, 0.3) is 0 Å². The molecular weight excluding hydrogens is 284 g/mol. The highest BCUT2D eigenvalue weighted by atomic mass is 16.5. The van der Waals surface area contributed by atoms with E-state index >= 15 is 0 Å². The lowest BCUT2D eigenvalue weighted by Crippen LogP contribution is -2.43. The van der Waals surface area contributed by atoms with E-state index in [-0.39, 0.29) is 11.8 Å². The smallest absolute Gasteiger partial charge is 0.235 e. The zero-order valence-electron chi connectivity index (χ0n) is 13.0. The zero-order chi connectivity index (χ0) is 16.0. The van der Waals surface area contributed by atoms with Gasteiger partial charge in [0.05, 0.1) is 13.7 Å². The van der Waals surface area contributed by atoms with Crippen LogP contribution in [0, 0.1) is 5.41 Å². The fourth-order valence-corrected chi connectivity index (χ4v) is 2.21. The van der Waals surface area contributed by atoms with E-state index in [0.717, 1.165) is 11.3 Å². The predicted octanol–water partition coefficient (Wildman–Crippen LogP) is 0.854. The van der Waals surface area contributed by atoms with Gasteiger partial charge < -0.3 is 20.1 Å². The Morgan fingerprint density at radius 2 is 1.73 bits per heavy atom. The molecule has 2 amide bonds. The first kappa shape index (κ1) is 16.3. The fraction of sp³-hybridized carbons (Fsp3) is 0.500. The number of hydrogen-bond donors (Lipinski definition) is 2. The Labute approximate surface area is 130 Å². The number of benzene rings is 1. The van der Waals surface area contributed by atoms with E-state index < -0.39 is 5.41 Å². The Balaban J connectivity index is 1.84. The van der Waals surface area contributed by atoms with Crippen LogP contribution in [0.2, 0.25) is 0 Å². The summed E-state index contributed by atoms with van der Waals surface area (Å²) in [6, 6.07) is 7.45. The molecule has 0 spiro atoms. The lowest BCUT2D eigenvalue weighted by atomic mass is 10.0. The van der Waals surface area contributed by atoms with Crippen molar-refractivity contribution in [2.75, 3.05) is 27.4 Å². The van der Waals surface area contributed by atoms with Crippen molar-refractivity contribution in [3.05, 3.63) is 29.8 Å². The summed E-state index contributed by atoms with van der Waals surface area (Å²) in [6.45, 7) is 1.26. The number of rotatable bonds is 8. The van der Waals surface area contributed by atoms with E-state index in [4.69, 9.17) is 9.47 Å². The minimum Gasteiger partial charge on any atom is -0.497 e. The lowest BCUT2D eigenvalue weighted by molar-refractivity contribution is -0.137. The second-order valence-corrected chi connectivity index (χ2v) is 5.36. The van der Waals surface area contributed by atoms with Crippen LogP contribution in [0.5, 0.6) is 5.75 Å². The van der Waals surface area contributed by atoms with Gasteiger partial charge in [-0.25, -0.2) is 0 Å². The Kier molecular flexibility index (Phi) is 5.38. The van der Waals surface area contributed by atoms with Crippen LogP contribution in [0.15, 0.2) is 24.3 Å². The van der Waals surface area contributed by atoms with Crippen molar-refractivity contribution in [2.24, 2.45) is 5.41 Å². The van der Waals surface area contributed by atoms with Crippen LogP contribution in [0.1, 0.15) is 18.4 Å². The highest BCUT2D eigenvalue weighted by Crippen LogP contribution is 2.46. The van der Waals surface area contributed by atoms with Crippen LogP contribution < -0.4 is 15.4 Å². The van der Waals surface area contributed by atoms with E-state index in [2.05, 4.69) is 10.6 Å². The zero-order valence-corrected chi connectivity index (χ0v) is 13.0. The van der Waals surface area contributed by atoms with E-state index in [0.29, 0.717) is 32.5 Å². The van der Waals surface area contributed by atoms with Crippen molar-refractivity contribution < 1.29 is 19.1 Å². The molecule has 22 heavy (non-hydrogen) atoms. The minimum atomic E-state index is -0.889. The number of ether oxygens (including phenoxy) is 2. The molecule has 1 aromatic rings. The first-order chi connectivity index (χ1) is 10.6. The van der Waals surface area contributed by atoms with Gasteiger partial charge in [0.15, 0.2) is 0 Å². The Morgan fingerprint density at radius 3 is 2.27 bits per heavy atom. The number of nitrogens with one attached hydrogen (secondary N) is 2. The van der Waals surface area contributed by atoms with E-state index in [9.17, 15) is 9.59 Å². The van der Waals surface area contributed by atoms with Crippen LogP contribution in [-0.2, 0) is 20.9 Å². The third kappa shape index (κ3) is 3.76. The molecule has 0 unspecified atom stereocenters. The van der Waals surface area contributed by atoms with Crippen molar-refractivity contribution in [1.29, 1.82) is 0 Å². The Morgan fingerprint density at radius 1 is 1.09 bits per heavy atom. The van der Waals surface area contributed by atoms with Crippen molar-refractivity contribution in [1.82, 2.24) is 10.6 Å². The molecule has 0 radical (unpaired) electrons. The van der Waals surface area contributed by atoms with E-state index in [1.807, 2.05) is 24.3 Å². The Bertz CT molecular complexity index is 523. The van der Waals surface area contributed by atoms with Gasteiger partial charge in [0.2, 0.25) is 11.8 Å². The number of amides is 2. The van der Waals surface area contributed by atoms with Gasteiger partial charge in [0, 0.05) is 20.2 Å². The molecule has 1 fully saturated rings. The maximum Gasteiger partial charge on any atom is 0.235 e. The normalized spacial score (nSPS) is 15.0. The van der Waals surface area contributed by atoms with Gasteiger partial charge >= 0.3 is 0 Å². The molecule has 0 bridgehead atoms. The molecule has 1 aliphatic rings. The maximum absolute atomic E-state index is 12.3. The van der Waals surface area contributed by atoms with Crippen molar-refractivity contribution in [3.63, 3.8) is 0 Å². The summed E-state index contributed by atoms with van der Waals surface area (Å²) in [5.74, 6) is 0.348. The number of carbonyl (C=O) groups excluding carboxylic acids is 2.